The van der Waals surface area contributed by atoms with E-state index in [-0.39, 0.29) is 6.03 Å². The number of carbonyl (C=O) groups is 1. The topological polar surface area (TPSA) is 63.2 Å². The Balaban J connectivity index is 1.90. The summed E-state index contributed by atoms with van der Waals surface area (Å²) in [6, 6.07) is 10.7. The van der Waals surface area contributed by atoms with Gasteiger partial charge in [-0.15, -0.1) is 0 Å². The molecule has 2 aromatic rings. The molecular formula is C14H14BrN3O2. The van der Waals surface area contributed by atoms with Gasteiger partial charge in [-0.3, -0.25) is 5.32 Å². The van der Waals surface area contributed by atoms with Crippen molar-refractivity contribution in [2.45, 2.75) is 6.54 Å². The average molecular weight is 336 g/mol. The van der Waals surface area contributed by atoms with Crippen molar-refractivity contribution >= 4 is 27.8 Å². The molecule has 0 saturated heterocycles. The zero-order valence-corrected chi connectivity index (χ0v) is 12.5. The number of hydrogen-bond donors (Lipinski definition) is 2. The molecule has 20 heavy (non-hydrogen) atoms. The van der Waals surface area contributed by atoms with Crippen LogP contribution < -0.4 is 15.4 Å². The van der Waals surface area contributed by atoms with Gasteiger partial charge in [0.25, 0.3) is 0 Å². The third-order valence-electron chi connectivity index (χ3n) is 2.60. The van der Waals surface area contributed by atoms with Crippen LogP contribution >= 0.6 is 15.9 Å². The standard InChI is InChI=1S/C14H14BrN3O2/c1-20-12-5-3-2-4-10(12)8-17-14(19)18-13-7-6-11(15)9-16-13/h2-7,9H,8H2,1H3,(H2,16,17,18,19). The number of para-hydroxylation sites is 1. The molecule has 1 aromatic heterocycles. The van der Waals surface area contributed by atoms with E-state index >= 15 is 0 Å². The molecule has 0 aliphatic rings. The van der Waals surface area contributed by atoms with Crippen LogP contribution in [-0.2, 0) is 6.54 Å². The number of hydrogen-bond acceptors (Lipinski definition) is 3. The fourth-order valence-electron chi connectivity index (χ4n) is 1.63. The number of anilines is 1. The third-order valence-corrected chi connectivity index (χ3v) is 3.07. The predicted molar refractivity (Wildman–Crippen MR) is 80.8 cm³/mol. The minimum atomic E-state index is -0.314. The lowest BCUT2D eigenvalue weighted by Crippen LogP contribution is -2.28. The molecule has 0 fully saturated rings. The maximum atomic E-state index is 11.8. The maximum Gasteiger partial charge on any atom is 0.320 e. The largest absolute Gasteiger partial charge is 0.496 e. The molecule has 5 nitrogen and oxygen atoms in total. The van der Waals surface area contributed by atoms with Crippen LogP contribution in [0.4, 0.5) is 10.6 Å². The van der Waals surface area contributed by atoms with Crippen LogP contribution in [0.15, 0.2) is 47.1 Å². The van der Waals surface area contributed by atoms with E-state index in [9.17, 15) is 4.79 Å². The molecule has 0 atom stereocenters. The van der Waals surface area contributed by atoms with Gasteiger partial charge in [-0.1, -0.05) is 18.2 Å². The fraction of sp³-hybridized carbons (Fsp3) is 0.143. The van der Waals surface area contributed by atoms with Crippen LogP contribution in [0.3, 0.4) is 0 Å². The highest BCUT2D eigenvalue weighted by Crippen LogP contribution is 2.16. The molecule has 2 rings (SSSR count). The summed E-state index contributed by atoms with van der Waals surface area (Å²) in [4.78, 5) is 15.8. The van der Waals surface area contributed by atoms with Crippen molar-refractivity contribution in [2.24, 2.45) is 0 Å². The summed E-state index contributed by atoms with van der Waals surface area (Å²) >= 11 is 3.28. The lowest BCUT2D eigenvalue weighted by molar-refractivity contribution is 0.251. The van der Waals surface area contributed by atoms with E-state index in [1.54, 1.807) is 19.4 Å². The summed E-state index contributed by atoms with van der Waals surface area (Å²) in [5.41, 5.74) is 0.911. The first-order valence-electron chi connectivity index (χ1n) is 5.97. The Morgan fingerprint density at radius 3 is 2.80 bits per heavy atom. The lowest BCUT2D eigenvalue weighted by Gasteiger charge is -2.10. The highest BCUT2D eigenvalue weighted by molar-refractivity contribution is 9.10. The van der Waals surface area contributed by atoms with E-state index < -0.39 is 0 Å². The van der Waals surface area contributed by atoms with Crippen LogP contribution in [0.25, 0.3) is 0 Å². The molecular weight excluding hydrogens is 322 g/mol. The van der Waals surface area contributed by atoms with Gasteiger partial charge in [-0.2, -0.15) is 0 Å². The third kappa shape index (κ3) is 3.96. The summed E-state index contributed by atoms with van der Waals surface area (Å²) in [5, 5.41) is 5.41. The first-order chi connectivity index (χ1) is 9.69. The molecule has 0 saturated carbocycles. The normalized spacial score (nSPS) is 9.90. The van der Waals surface area contributed by atoms with E-state index in [0.717, 1.165) is 15.8 Å². The monoisotopic (exact) mass is 335 g/mol. The highest BCUT2D eigenvalue weighted by atomic mass is 79.9. The molecule has 0 aliphatic carbocycles. The minimum Gasteiger partial charge on any atom is -0.496 e. The second-order valence-electron chi connectivity index (χ2n) is 3.98. The Hall–Kier alpha value is -2.08. The van der Waals surface area contributed by atoms with Crippen molar-refractivity contribution < 1.29 is 9.53 Å². The van der Waals surface area contributed by atoms with Crippen molar-refractivity contribution in [3.8, 4) is 5.75 Å². The predicted octanol–water partition coefficient (Wildman–Crippen LogP) is 3.17. The Bertz CT molecular complexity index is 587. The quantitative estimate of drug-likeness (QED) is 0.901. The van der Waals surface area contributed by atoms with E-state index in [4.69, 9.17) is 4.74 Å². The second kappa shape index (κ2) is 6.91. The number of nitrogens with zero attached hydrogens (tertiary/aromatic N) is 1. The van der Waals surface area contributed by atoms with Gasteiger partial charge in [-0.25, -0.2) is 9.78 Å². The van der Waals surface area contributed by atoms with Crippen LogP contribution in [-0.4, -0.2) is 18.1 Å². The number of methoxy groups -OCH3 is 1. The van der Waals surface area contributed by atoms with Gasteiger partial charge < -0.3 is 10.1 Å². The second-order valence-corrected chi connectivity index (χ2v) is 4.90. The van der Waals surface area contributed by atoms with Crippen molar-refractivity contribution in [1.29, 1.82) is 0 Å². The number of nitrogens with one attached hydrogen (secondary N) is 2. The molecule has 1 heterocycles. The van der Waals surface area contributed by atoms with Crippen LogP contribution in [0.1, 0.15) is 5.56 Å². The SMILES string of the molecule is COc1ccccc1CNC(=O)Nc1ccc(Br)cn1. The number of urea groups is 1. The van der Waals surface area contributed by atoms with Gasteiger partial charge in [0.05, 0.1) is 7.11 Å². The number of rotatable bonds is 4. The van der Waals surface area contributed by atoms with Gasteiger partial charge in [0, 0.05) is 22.8 Å². The van der Waals surface area contributed by atoms with E-state index in [1.165, 1.54) is 0 Å². The summed E-state index contributed by atoms with van der Waals surface area (Å²) in [5.74, 6) is 1.24. The van der Waals surface area contributed by atoms with Crippen molar-refractivity contribution in [2.75, 3.05) is 12.4 Å². The van der Waals surface area contributed by atoms with Gasteiger partial charge in [0.1, 0.15) is 11.6 Å². The first-order valence-corrected chi connectivity index (χ1v) is 6.76. The molecule has 2 amide bonds. The molecule has 0 unspecified atom stereocenters. The van der Waals surface area contributed by atoms with Crippen molar-refractivity contribution in [3.05, 3.63) is 52.6 Å². The van der Waals surface area contributed by atoms with E-state index in [1.807, 2.05) is 30.3 Å². The van der Waals surface area contributed by atoms with Crippen LogP contribution in [0.5, 0.6) is 5.75 Å². The molecule has 0 bridgehead atoms. The number of ether oxygens (including phenoxy) is 1. The number of carbonyl (C=O) groups excluding carboxylic acids is 1. The van der Waals surface area contributed by atoms with Gasteiger partial charge >= 0.3 is 6.03 Å². The van der Waals surface area contributed by atoms with Gasteiger partial charge in [0.15, 0.2) is 0 Å². The van der Waals surface area contributed by atoms with Crippen molar-refractivity contribution in [3.63, 3.8) is 0 Å². The minimum absolute atomic E-state index is 0.314. The van der Waals surface area contributed by atoms with E-state index in [0.29, 0.717) is 12.4 Å². The Labute approximate surface area is 125 Å². The van der Waals surface area contributed by atoms with Crippen molar-refractivity contribution in [1.82, 2.24) is 10.3 Å². The molecule has 0 radical (unpaired) electrons. The molecule has 104 valence electrons. The first kappa shape index (κ1) is 14.3. The summed E-state index contributed by atoms with van der Waals surface area (Å²) < 4.78 is 6.08. The highest BCUT2D eigenvalue weighted by Gasteiger charge is 2.05. The lowest BCUT2D eigenvalue weighted by atomic mass is 10.2. The molecule has 6 heteroatoms. The fourth-order valence-corrected chi connectivity index (χ4v) is 1.87. The van der Waals surface area contributed by atoms with Crippen LogP contribution in [0, 0.1) is 0 Å². The number of benzene rings is 1. The summed E-state index contributed by atoms with van der Waals surface area (Å²) in [6.45, 7) is 0.381. The molecule has 0 spiro atoms. The van der Waals surface area contributed by atoms with E-state index in [2.05, 4.69) is 31.5 Å². The van der Waals surface area contributed by atoms with Gasteiger partial charge in [0.2, 0.25) is 0 Å². The zero-order chi connectivity index (χ0) is 14.4. The van der Waals surface area contributed by atoms with Crippen LogP contribution in [0.2, 0.25) is 0 Å². The number of halogens is 1. The number of pyridine rings is 1. The van der Waals surface area contributed by atoms with Gasteiger partial charge in [-0.05, 0) is 34.1 Å². The molecule has 0 aliphatic heterocycles. The maximum absolute atomic E-state index is 11.8. The summed E-state index contributed by atoms with van der Waals surface area (Å²) in [7, 11) is 1.60. The molecule has 2 N–H and O–H groups in total. The Morgan fingerprint density at radius 1 is 1.30 bits per heavy atom. The number of amides is 2. The smallest absolute Gasteiger partial charge is 0.320 e. The Kier molecular flexibility index (Phi) is 4.95. The Morgan fingerprint density at radius 2 is 2.10 bits per heavy atom. The summed E-state index contributed by atoms with van der Waals surface area (Å²) in [6.07, 6.45) is 1.62. The number of aromatic nitrogens is 1. The average Bonchev–Trinajstić information content (AvgIpc) is 2.48. The molecule has 1 aromatic carbocycles. The zero-order valence-electron chi connectivity index (χ0n) is 10.9.